The van der Waals surface area contributed by atoms with E-state index in [1.165, 1.54) is 0 Å². The summed E-state index contributed by atoms with van der Waals surface area (Å²) in [5, 5.41) is 9.28. The van der Waals surface area contributed by atoms with Crippen molar-refractivity contribution in [1.82, 2.24) is 25.6 Å². The Balaban J connectivity index is 1.34. The number of likely N-dealkylation sites (tertiary alicyclic amines) is 2. The second-order valence-corrected chi connectivity index (χ2v) is 11.0. The molecule has 0 bridgehead atoms. The SMILES string of the molecule is C[C@@H]1CC2C3C(F)NNC3CCC2[C@@H](c2ccc(OC3CN(CCCF)C3)cn2)N1CC(F)(F)CO. The van der Waals surface area contributed by atoms with E-state index in [1.54, 1.807) is 11.1 Å². The van der Waals surface area contributed by atoms with Gasteiger partial charge in [0.05, 0.1) is 31.2 Å². The summed E-state index contributed by atoms with van der Waals surface area (Å²) in [6.07, 6.45) is 3.17. The Labute approximate surface area is 209 Å². The summed E-state index contributed by atoms with van der Waals surface area (Å²) in [4.78, 5) is 8.55. The minimum Gasteiger partial charge on any atom is -0.486 e. The van der Waals surface area contributed by atoms with Gasteiger partial charge in [-0.1, -0.05) is 0 Å². The van der Waals surface area contributed by atoms with Gasteiger partial charge in [0, 0.05) is 37.6 Å². The highest BCUT2D eigenvalue weighted by Crippen LogP contribution is 2.52. The van der Waals surface area contributed by atoms with Gasteiger partial charge in [-0.05, 0) is 56.6 Å². The molecule has 0 amide bonds. The molecule has 11 heteroatoms. The molecular weight excluding hydrogens is 478 g/mol. The van der Waals surface area contributed by atoms with Crippen molar-refractivity contribution in [3.8, 4) is 5.75 Å². The van der Waals surface area contributed by atoms with Gasteiger partial charge >= 0.3 is 0 Å². The van der Waals surface area contributed by atoms with Crippen LogP contribution in [0.15, 0.2) is 18.3 Å². The molecule has 0 radical (unpaired) electrons. The summed E-state index contributed by atoms with van der Waals surface area (Å²) in [7, 11) is 0. The van der Waals surface area contributed by atoms with Crippen molar-refractivity contribution < 1.29 is 27.4 Å². The number of aromatic nitrogens is 1. The Morgan fingerprint density at radius 2 is 2.00 bits per heavy atom. The van der Waals surface area contributed by atoms with Crippen LogP contribution in [0.4, 0.5) is 17.6 Å². The van der Waals surface area contributed by atoms with Crippen molar-refractivity contribution in [3.05, 3.63) is 24.0 Å². The Bertz CT molecular complexity index is 875. The standard InChI is InChI=1S/C25H37F4N5O2/c1-15-9-19-18(4-6-20-22(19)24(27)32-31-20)23(34(15)13-25(28,29)14-35)21-5-3-16(10-30-21)36-17-11-33(12-17)8-2-7-26/h3,5,10,15,17-20,22-24,31-32,35H,2,4,6-9,11-14H2,1H3/t15-,18?,19?,20?,22?,23+,24?/m1/s1. The van der Waals surface area contributed by atoms with Gasteiger partial charge in [0.1, 0.15) is 18.5 Å². The van der Waals surface area contributed by atoms with E-state index >= 15 is 0 Å². The molecular formula is C25H37F4N5O2. The van der Waals surface area contributed by atoms with Crippen molar-refractivity contribution in [1.29, 1.82) is 0 Å². The molecule has 202 valence electrons. The van der Waals surface area contributed by atoms with E-state index < -0.39 is 31.4 Å². The summed E-state index contributed by atoms with van der Waals surface area (Å²) in [6.45, 7) is 2.00. The molecule has 4 fully saturated rings. The fourth-order valence-corrected chi connectivity index (χ4v) is 6.86. The van der Waals surface area contributed by atoms with E-state index in [4.69, 9.17) is 4.74 Å². The molecule has 3 saturated heterocycles. The molecule has 4 heterocycles. The lowest BCUT2D eigenvalue weighted by molar-refractivity contribution is -0.123. The third kappa shape index (κ3) is 5.22. The van der Waals surface area contributed by atoms with Gasteiger partial charge < -0.3 is 9.84 Å². The van der Waals surface area contributed by atoms with Crippen LogP contribution in [0.1, 0.15) is 44.3 Å². The fourth-order valence-electron chi connectivity index (χ4n) is 6.86. The molecule has 1 aliphatic carbocycles. The summed E-state index contributed by atoms with van der Waals surface area (Å²) in [5.74, 6) is -2.83. The summed E-state index contributed by atoms with van der Waals surface area (Å²) < 4.78 is 62.0. The maximum atomic E-state index is 14.8. The fraction of sp³-hybridized carbons (Fsp3) is 0.800. The second-order valence-electron chi connectivity index (χ2n) is 11.0. The lowest BCUT2D eigenvalue weighted by atomic mass is 9.62. The van der Waals surface area contributed by atoms with Crippen LogP contribution in [0.25, 0.3) is 0 Å². The lowest BCUT2D eigenvalue weighted by Crippen LogP contribution is -2.57. The zero-order valence-corrected chi connectivity index (χ0v) is 20.6. The molecule has 4 aliphatic rings. The Kier molecular flexibility index (Phi) is 7.74. The zero-order chi connectivity index (χ0) is 25.4. The van der Waals surface area contributed by atoms with Crippen LogP contribution in [0.2, 0.25) is 0 Å². The van der Waals surface area contributed by atoms with Crippen LogP contribution in [-0.4, -0.2) is 89.8 Å². The summed E-state index contributed by atoms with van der Waals surface area (Å²) >= 11 is 0. The number of ether oxygens (including phenoxy) is 1. The molecule has 0 aromatic carbocycles. The van der Waals surface area contributed by atoms with Crippen LogP contribution in [-0.2, 0) is 0 Å². The zero-order valence-electron chi connectivity index (χ0n) is 20.6. The number of pyridine rings is 1. The van der Waals surface area contributed by atoms with Crippen LogP contribution in [0.5, 0.6) is 5.75 Å². The number of piperidine rings is 1. The van der Waals surface area contributed by atoms with E-state index in [1.807, 2.05) is 19.1 Å². The molecule has 7 atom stereocenters. The average molecular weight is 516 g/mol. The van der Waals surface area contributed by atoms with Crippen LogP contribution in [0, 0.1) is 17.8 Å². The number of hydrazine groups is 1. The first-order chi connectivity index (χ1) is 17.3. The topological polar surface area (TPSA) is 72.9 Å². The Hall–Kier alpha value is -1.53. The highest BCUT2D eigenvalue weighted by Gasteiger charge is 2.55. The minimum atomic E-state index is -3.24. The Morgan fingerprint density at radius 1 is 1.19 bits per heavy atom. The number of halogens is 4. The number of rotatable bonds is 9. The second kappa shape index (κ2) is 10.7. The van der Waals surface area contributed by atoms with Gasteiger partial charge in [0.25, 0.3) is 5.92 Å². The van der Waals surface area contributed by atoms with Gasteiger partial charge in [0.2, 0.25) is 0 Å². The van der Waals surface area contributed by atoms with Crippen LogP contribution < -0.4 is 15.6 Å². The van der Waals surface area contributed by atoms with Crippen LogP contribution >= 0.6 is 0 Å². The molecule has 5 rings (SSSR count). The number of alkyl halides is 4. The van der Waals surface area contributed by atoms with Gasteiger partial charge in [-0.15, -0.1) is 0 Å². The monoisotopic (exact) mass is 515 g/mol. The molecule has 7 nitrogen and oxygen atoms in total. The quantitative estimate of drug-likeness (QED) is 0.345. The van der Waals surface area contributed by atoms with Gasteiger partial charge in [-0.2, -0.15) is 0 Å². The average Bonchev–Trinajstić information content (AvgIpc) is 3.22. The van der Waals surface area contributed by atoms with E-state index in [0.717, 1.165) is 32.5 Å². The van der Waals surface area contributed by atoms with Gasteiger partial charge in [0.15, 0.2) is 6.30 Å². The smallest absolute Gasteiger partial charge is 0.283 e. The number of hydrogen-bond acceptors (Lipinski definition) is 7. The highest BCUT2D eigenvalue weighted by atomic mass is 19.3. The molecule has 3 aliphatic heterocycles. The third-order valence-electron chi connectivity index (χ3n) is 8.55. The number of hydrogen-bond donors (Lipinski definition) is 3. The maximum absolute atomic E-state index is 14.8. The minimum absolute atomic E-state index is 0.0214. The molecule has 1 aromatic rings. The first-order valence-corrected chi connectivity index (χ1v) is 13.1. The van der Waals surface area contributed by atoms with E-state index in [0.29, 0.717) is 24.3 Å². The number of aliphatic hydroxyl groups is 1. The van der Waals surface area contributed by atoms with Gasteiger partial charge in [-0.25, -0.2) is 18.6 Å². The number of aliphatic hydroxyl groups excluding tert-OH is 1. The lowest BCUT2D eigenvalue weighted by Gasteiger charge is -2.54. The first kappa shape index (κ1) is 26.1. The largest absolute Gasteiger partial charge is 0.486 e. The van der Waals surface area contributed by atoms with E-state index in [9.17, 15) is 22.7 Å². The van der Waals surface area contributed by atoms with E-state index in [2.05, 4.69) is 20.7 Å². The molecule has 36 heavy (non-hydrogen) atoms. The normalized spacial score (nSPS) is 35.8. The molecule has 1 aromatic heterocycles. The van der Waals surface area contributed by atoms with Crippen molar-refractivity contribution in [2.75, 3.05) is 39.5 Å². The highest BCUT2D eigenvalue weighted by molar-refractivity contribution is 5.24. The van der Waals surface area contributed by atoms with Crippen molar-refractivity contribution in [3.63, 3.8) is 0 Å². The Morgan fingerprint density at radius 3 is 2.69 bits per heavy atom. The molecule has 5 unspecified atom stereocenters. The first-order valence-electron chi connectivity index (χ1n) is 13.1. The molecule has 3 N–H and O–H groups in total. The van der Waals surface area contributed by atoms with E-state index in [-0.39, 0.29) is 42.6 Å². The predicted molar refractivity (Wildman–Crippen MR) is 126 cm³/mol. The number of nitrogens with one attached hydrogen (secondary N) is 2. The van der Waals surface area contributed by atoms with Crippen LogP contribution in [0.3, 0.4) is 0 Å². The predicted octanol–water partition coefficient (Wildman–Crippen LogP) is 2.68. The molecule has 0 spiro atoms. The van der Waals surface area contributed by atoms with Crippen molar-refractivity contribution >= 4 is 0 Å². The number of nitrogens with zero attached hydrogens (tertiary/aromatic N) is 3. The van der Waals surface area contributed by atoms with Crippen molar-refractivity contribution in [2.24, 2.45) is 17.8 Å². The summed E-state index contributed by atoms with van der Waals surface area (Å²) in [5.41, 5.74) is 6.48. The third-order valence-corrected chi connectivity index (χ3v) is 8.55. The number of fused-ring (bicyclic) bond motifs is 3. The maximum Gasteiger partial charge on any atom is 0.283 e. The van der Waals surface area contributed by atoms with Gasteiger partial charge in [-0.3, -0.25) is 24.6 Å². The van der Waals surface area contributed by atoms with Crippen molar-refractivity contribution in [2.45, 2.75) is 69.1 Å². The molecule has 1 saturated carbocycles. The summed E-state index contributed by atoms with van der Waals surface area (Å²) in [6, 6.07) is 3.08.